The molecule has 96 valence electrons. The molecule has 2 unspecified atom stereocenters. The van der Waals surface area contributed by atoms with Crippen molar-refractivity contribution in [2.24, 2.45) is 0 Å². The Morgan fingerprint density at radius 1 is 1.50 bits per heavy atom. The number of anilines is 2. The van der Waals surface area contributed by atoms with Crippen LogP contribution in [0.3, 0.4) is 0 Å². The van der Waals surface area contributed by atoms with Crippen LogP contribution >= 0.6 is 11.8 Å². The molecule has 1 amide bonds. The molecule has 1 aromatic carbocycles. The van der Waals surface area contributed by atoms with Gasteiger partial charge in [-0.2, -0.15) is 0 Å². The van der Waals surface area contributed by atoms with Gasteiger partial charge in [-0.05, 0) is 55.7 Å². The van der Waals surface area contributed by atoms with Crippen molar-refractivity contribution >= 4 is 29.0 Å². The Hall–Kier alpha value is -1.16. The number of carbonyl (C=O) groups excluding carboxylic acids is 1. The van der Waals surface area contributed by atoms with E-state index in [9.17, 15) is 4.79 Å². The molecule has 2 aliphatic rings. The van der Waals surface area contributed by atoms with Crippen LogP contribution in [0, 0.1) is 0 Å². The summed E-state index contributed by atoms with van der Waals surface area (Å²) < 4.78 is 0. The number of hydrogen-bond donors (Lipinski definition) is 1. The van der Waals surface area contributed by atoms with Gasteiger partial charge < -0.3 is 10.6 Å². The Morgan fingerprint density at radius 2 is 2.33 bits per heavy atom. The zero-order chi connectivity index (χ0) is 12.7. The number of nitrogen functional groups attached to an aromatic ring is 1. The van der Waals surface area contributed by atoms with E-state index in [0.29, 0.717) is 0 Å². The van der Waals surface area contributed by atoms with Gasteiger partial charge in [0.15, 0.2) is 0 Å². The van der Waals surface area contributed by atoms with Crippen molar-refractivity contribution in [3.05, 3.63) is 23.8 Å². The Labute approximate surface area is 112 Å². The minimum atomic E-state index is 0.163. The highest BCUT2D eigenvalue weighted by Gasteiger charge is 2.36. The normalized spacial score (nSPS) is 26.4. The molecule has 2 heterocycles. The number of nitrogens with zero attached hydrogens (tertiary/aromatic N) is 1. The molecule has 1 fully saturated rings. The number of carbonyl (C=O) groups is 1. The minimum absolute atomic E-state index is 0.163. The summed E-state index contributed by atoms with van der Waals surface area (Å²) in [5.74, 6) is 1.40. The van der Waals surface area contributed by atoms with Gasteiger partial charge in [-0.25, -0.2) is 0 Å². The van der Waals surface area contributed by atoms with Crippen LogP contribution in [0.15, 0.2) is 18.2 Å². The Morgan fingerprint density at radius 3 is 3.06 bits per heavy atom. The average Bonchev–Trinajstić information content (AvgIpc) is 2.94. The summed E-state index contributed by atoms with van der Waals surface area (Å²) in [4.78, 5) is 14.6. The topological polar surface area (TPSA) is 46.3 Å². The van der Waals surface area contributed by atoms with Crippen molar-refractivity contribution in [2.45, 2.75) is 37.5 Å². The van der Waals surface area contributed by atoms with E-state index in [1.54, 1.807) is 11.8 Å². The molecule has 18 heavy (non-hydrogen) atoms. The van der Waals surface area contributed by atoms with E-state index in [2.05, 4.69) is 6.92 Å². The van der Waals surface area contributed by atoms with E-state index >= 15 is 0 Å². The lowest BCUT2D eigenvalue weighted by Crippen LogP contribution is -2.40. The summed E-state index contributed by atoms with van der Waals surface area (Å²) in [5, 5.41) is 0.163. The van der Waals surface area contributed by atoms with E-state index in [1.165, 1.54) is 5.56 Å². The maximum atomic E-state index is 12.6. The highest BCUT2D eigenvalue weighted by molar-refractivity contribution is 8.00. The van der Waals surface area contributed by atoms with Gasteiger partial charge in [-0.3, -0.25) is 4.79 Å². The lowest BCUT2D eigenvalue weighted by molar-refractivity contribution is -0.118. The van der Waals surface area contributed by atoms with Crippen molar-refractivity contribution in [3.63, 3.8) is 0 Å². The number of thioether (sulfide) groups is 1. The lowest BCUT2D eigenvalue weighted by atomic mass is 10.1. The third kappa shape index (κ3) is 1.88. The van der Waals surface area contributed by atoms with Crippen LogP contribution < -0.4 is 10.6 Å². The van der Waals surface area contributed by atoms with Crippen LogP contribution in [0.5, 0.6) is 0 Å². The van der Waals surface area contributed by atoms with Gasteiger partial charge in [0.25, 0.3) is 0 Å². The molecule has 3 rings (SSSR count). The first kappa shape index (κ1) is 11.9. The second-order valence-electron chi connectivity index (χ2n) is 5.15. The van der Waals surface area contributed by atoms with E-state index in [4.69, 9.17) is 5.73 Å². The van der Waals surface area contributed by atoms with Crippen molar-refractivity contribution in [1.29, 1.82) is 0 Å². The number of hydrogen-bond acceptors (Lipinski definition) is 3. The summed E-state index contributed by atoms with van der Waals surface area (Å²) in [6.45, 7) is 2.12. The van der Waals surface area contributed by atoms with E-state index in [0.717, 1.165) is 36.4 Å². The molecule has 0 bridgehead atoms. The SMILES string of the molecule is CC1Cc2cc(N)ccc2N1C(=O)C1CCCS1. The second-order valence-corrected chi connectivity index (χ2v) is 6.46. The maximum Gasteiger partial charge on any atom is 0.240 e. The van der Waals surface area contributed by atoms with Gasteiger partial charge in [0.05, 0.1) is 5.25 Å². The van der Waals surface area contributed by atoms with Crippen molar-refractivity contribution in [1.82, 2.24) is 0 Å². The average molecular weight is 262 g/mol. The fourth-order valence-corrected chi connectivity index (χ4v) is 4.12. The van der Waals surface area contributed by atoms with Crippen LogP contribution in [-0.4, -0.2) is 23.0 Å². The third-order valence-corrected chi connectivity index (χ3v) is 5.13. The molecule has 0 aliphatic carbocycles. The first-order valence-electron chi connectivity index (χ1n) is 6.50. The third-order valence-electron chi connectivity index (χ3n) is 3.76. The number of fused-ring (bicyclic) bond motifs is 1. The molecule has 0 aromatic heterocycles. The van der Waals surface area contributed by atoms with Crippen molar-refractivity contribution in [2.75, 3.05) is 16.4 Å². The monoisotopic (exact) mass is 262 g/mol. The van der Waals surface area contributed by atoms with Gasteiger partial charge in [0.1, 0.15) is 0 Å². The molecule has 4 heteroatoms. The molecular formula is C14H18N2OS. The van der Waals surface area contributed by atoms with Crippen LogP contribution in [0.1, 0.15) is 25.3 Å². The largest absolute Gasteiger partial charge is 0.399 e. The predicted octanol–water partition coefficient (Wildman–Crippen LogP) is 2.44. The van der Waals surface area contributed by atoms with Crippen LogP contribution in [-0.2, 0) is 11.2 Å². The van der Waals surface area contributed by atoms with Gasteiger partial charge in [0, 0.05) is 17.4 Å². The summed E-state index contributed by atoms with van der Waals surface area (Å²) >= 11 is 1.80. The minimum Gasteiger partial charge on any atom is -0.399 e. The van der Waals surface area contributed by atoms with Gasteiger partial charge in [-0.1, -0.05) is 0 Å². The molecule has 2 N–H and O–H groups in total. The molecule has 1 aromatic rings. The van der Waals surface area contributed by atoms with Gasteiger partial charge >= 0.3 is 0 Å². The molecule has 3 nitrogen and oxygen atoms in total. The highest BCUT2D eigenvalue weighted by atomic mass is 32.2. The van der Waals surface area contributed by atoms with Crippen LogP contribution in [0.2, 0.25) is 0 Å². The first-order valence-corrected chi connectivity index (χ1v) is 7.55. The number of nitrogens with two attached hydrogens (primary N) is 1. The molecule has 1 saturated heterocycles. The van der Waals surface area contributed by atoms with Crippen molar-refractivity contribution in [3.8, 4) is 0 Å². The summed E-state index contributed by atoms with van der Waals surface area (Å²) in [5.41, 5.74) is 8.87. The molecule has 0 saturated carbocycles. The van der Waals surface area contributed by atoms with Gasteiger partial charge in [-0.15, -0.1) is 11.8 Å². The Bertz CT molecular complexity index is 483. The van der Waals surface area contributed by atoms with Crippen LogP contribution in [0.25, 0.3) is 0 Å². The fourth-order valence-electron chi connectivity index (χ4n) is 2.91. The predicted molar refractivity (Wildman–Crippen MR) is 77.0 cm³/mol. The molecule has 2 atom stereocenters. The number of benzene rings is 1. The highest BCUT2D eigenvalue weighted by Crippen LogP contribution is 2.37. The Balaban J connectivity index is 1.91. The number of amides is 1. The van der Waals surface area contributed by atoms with E-state index in [1.807, 2.05) is 23.1 Å². The lowest BCUT2D eigenvalue weighted by Gasteiger charge is -2.25. The van der Waals surface area contributed by atoms with Crippen LogP contribution in [0.4, 0.5) is 11.4 Å². The fraction of sp³-hybridized carbons (Fsp3) is 0.500. The quantitative estimate of drug-likeness (QED) is 0.791. The summed E-state index contributed by atoms with van der Waals surface area (Å²) in [6, 6.07) is 6.14. The smallest absolute Gasteiger partial charge is 0.240 e. The standard InChI is InChI=1S/C14H18N2OS/c1-9-7-10-8-11(15)4-5-12(10)16(9)14(17)13-3-2-6-18-13/h4-5,8-9,13H,2-3,6-7,15H2,1H3. The maximum absolute atomic E-state index is 12.6. The first-order chi connectivity index (χ1) is 8.66. The molecule has 0 radical (unpaired) electrons. The number of rotatable bonds is 1. The van der Waals surface area contributed by atoms with E-state index in [-0.39, 0.29) is 17.2 Å². The zero-order valence-corrected chi connectivity index (χ0v) is 11.4. The van der Waals surface area contributed by atoms with Gasteiger partial charge in [0.2, 0.25) is 5.91 Å². The summed E-state index contributed by atoms with van der Waals surface area (Å²) in [7, 11) is 0. The molecular weight excluding hydrogens is 244 g/mol. The van der Waals surface area contributed by atoms with Crippen molar-refractivity contribution < 1.29 is 4.79 Å². The van der Waals surface area contributed by atoms with E-state index < -0.39 is 0 Å². The molecule has 2 aliphatic heterocycles. The Kier molecular flexibility index (Phi) is 2.98. The zero-order valence-electron chi connectivity index (χ0n) is 10.6. The summed E-state index contributed by atoms with van der Waals surface area (Å²) in [6.07, 6.45) is 3.11. The second kappa shape index (κ2) is 4.50. The molecule has 0 spiro atoms.